The third-order valence-corrected chi connectivity index (χ3v) is 8.90. The normalized spacial score (nSPS) is 13.8. The van der Waals surface area contributed by atoms with Crippen molar-refractivity contribution in [2.45, 2.75) is 55.9 Å². The SMILES string of the molecule is CCCNC(=O)c1ccc(S(=O)(=O)Cc2c(OC(Cn3ccnc3)c3ccccc3)ccc3c2CCCC3=O)cc1. The fourth-order valence-corrected chi connectivity index (χ4v) is 6.51. The van der Waals surface area contributed by atoms with E-state index in [0.717, 1.165) is 17.5 Å². The molecule has 0 aliphatic heterocycles. The highest BCUT2D eigenvalue weighted by atomic mass is 32.2. The van der Waals surface area contributed by atoms with E-state index >= 15 is 0 Å². The van der Waals surface area contributed by atoms with Crippen molar-refractivity contribution < 1.29 is 22.7 Å². The Bertz CT molecular complexity index is 1620. The average Bonchev–Trinajstić information content (AvgIpc) is 3.50. The summed E-state index contributed by atoms with van der Waals surface area (Å²) in [7, 11) is -3.83. The molecule has 1 aromatic heterocycles. The van der Waals surface area contributed by atoms with Gasteiger partial charge in [0.25, 0.3) is 5.91 Å². The van der Waals surface area contributed by atoms with Gasteiger partial charge in [-0.25, -0.2) is 13.4 Å². The Balaban J connectivity index is 1.50. The van der Waals surface area contributed by atoms with Crippen molar-refractivity contribution in [3.8, 4) is 5.75 Å². The van der Waals surface area contributed by atoms with E-state index in [1.165, 1.54) is 24.3 Å². The van der Waals surface area contributed by atoms with Crippen LogP contribution in [0.4, 0.5) is 0 Å². The maximum absolute atomic E-state index is 13.7. The number of fused-ring (bicyclic) bond motifs is 1. The number of rotatable bonds is 11. The first kappa shape index (κ1) is 28.3. The van der Waals surface area contributed by atoms with Crippen molar-refractivity contribution in [3.63, 3.8) is 0 Å². The Kier molecular flexibility index (Phi) is 8.64. The number of hydrogen-bond acceptors (Lipinski definition) is 6. The van der Waals surface area contributed by atoms with Gasteiger partial charge in [0.1, 0.15) is 11.9 Å². The molecule has 0 saturated carbocycles. The molecule has 1 amide bonds. The van der Waals surface area contributed by atoms with Gasteiger partial charge in [-0.2, -0.15) is 0 Å². The number of sulfone groups is 1. The minimum Gasteiger partial charge on any atom is -0.484 e. The van der Waals surface area contributed by atoms with Gasteiger partial charge in [0, 0.05) is 42.0 Å². The molecule has 41 heavy (non-hydrogen) atoms. The highest BCUT2D eigenvalue weighted by molar-refractivity contribution is 7.90. The summed E-state index contributed by atoms with van der Waals surface area (Å²) in [6.07, 6.45) is 7.32. The Morgan fingerprint density at radius 3 is 2.54 bits per heavy atom. The number of amides is 1. The first-order chi connectivity index (χ1) is 19.9. The van der Waals surface area contributed by atoms with Crippen LogP contribution in [-0.4, -0.2) is 36.2 Å². The number of imidazole rings is 1. The molecule has 0 saturated heterocycles. The molecule has 1 atom stereocenters. The van der Waals surface area contributed by atoms with Crippen molar-refractivity contribution in [1.29, 1.82) is 0 Å². The van der Waals surface area contributed by atoms with Crippen LogP contribution in [-0.2, 0) is 28.6 Å². The van der Waals surface area contributed by atoms with E-state index in [9.17, 15) is 18.0 Å². The van der Waals surface area contributed by atoms with Crippen LogP contribution in [0.1, 0.15) is 69.7 Å². The quantitative estimate of drug-likeness (QED) is 0.261. The van der Waals surface area contributed by atoms with Crippen LogP contribution in [0.25, 0.3) is 0 Å². The number of carbonyl (C=O) groups excluding carboxylic acids is 2. The summed E-state index contributed by atoms with van der Waals surface area (Å²) in [6.45, 7) is 2.97. The molecular formula is C32H33N3O5S. The van der Waals surface area contributed by atoms with E-state index in [4.69, 9.17) is 4.74 Å². The molecule has 3 aromatic carbocycles. The Labute approximate surface area is 240 Å². The van der Waals surface area contributed by atoms with Crippen LogP contribution in [0.2, 0.25) is 0 Å². The monoisotopic (exact) mass is 571 g/mol. The zero-order valence-electron chi connectivity index (χ0n) is 23.0. The van der Waals surface area contributed by atoms with Crippen molar-refractivity contribution in [1.82, 2.24) is 14.9 Å². The first-order valence-electron chi connectivity index (χ1n) is 13.8. The largest absolute Gasteiger partial charge is 0.484 e. The number of nitrogens with zero attached hydrogens (tertiary/aromatic N) is 2. The molecule has 1 aliphatic rings. The molecule has 1 aliphatic carbocycles. The number of hydrogen-bond donors (Lipinski definition) is 1. The third-order valence-electron chi connectivity index (χ3n) is 7.24. The van der Waals surface area contributed by atoms with E-state index in [0.29, 0.717) is 54.8 Å². The number of ketones is 1. The van der Waals surface area contributed by atoms with Crippen LogP contribution in [0.15, 0.2) is 90.3 Å². The average molecular weight is 572 g/mol. The molecule has 212 valence electrons. The molecule has 4 aromatic rings. The highest BCUT2D eigenvalue weighted by Crippen LogP contribution is 2.36. The van der Waals surface area contributed by atoms with E-state index < -0.39 is 15.9 Å². The molecule has 1 N–H and O–H groups in total. The number of carbonyl (C=O) groups is 2. The molecule has 0 fully saturated rings. The fourth-order valence-electron chi connectivity index (χ4n) is 5.09. The minimum absolute atomic E-state index is 0.0110. The number of aromatic nitrogens is 2. The lowest BCUT2D eigenvalue weighted by Crippen LogP contribution is -2.24. The Morgan fingerprint density at radius 2 is 1.83 bits per heavy atom. The maximum atomic E-state index is 13.7. The standard InChI is InChI=1S/C32H33N3O5S/c1-2-17-34-32(37)24-11-13-25(14-12-24)41(38,39)21-28-26-9-6-10-29(36)27(26)15-16-30(28)40-31(20-35-19-18-33-22-35)23-7-4-3-5-8-23/h3-5,7-8,11-16,18-19,22,31H,2,6,9-10,17,20-21H2,1H3,(H,34,37). The molecule has 9 heteroatoms. The topological polar surface area (TPSA) is 107 Å². The zero-order chi connectivity index (χ0) is 28.8. The maximum Gasteiger partial charge on any atom is 0.251 e. The lowest BCUT2D eigenvalue weighted by Gasteiger charge is -2.25. The summed E-state index contributed by atoms with van der Waals surface area (Å²) in [4.78, 5) is 29.3. The second kappa shape index (κ2) is 12.5. The van der Waals surface area contributed by atoms with Crippen molar-refractivity contribution in [3.05, 3.63) is 113 Å². The van der Waals surface area contributed by atoms with Gasteiger partial charge in [-0.1, -0.05) is 37.3 Å². The van der Waals surface area contributed by atoms with Gasteiger partial charge in [0.05, 0.1) is 23.5 Å². The molecule has 0 bridgehead atoms. The minimum atomic E-state index is -3.83. The number of nitrogens with one attached hydrogen (secondary N) is 1. The number of ether oxygens (including phenoxy) is 1. The van der Waals surface area contributed by atoms with E-state index in [-0.39, 0.29) is 22.3 Å². The summed E-state index contributed by atoms with van der Waals surface area (Å²) >= 11 is 0. The molecular weight excluding hydrogens is 538 g/mol. The number of Topliss-reactive ketones (excluding diaryl/α,β-unsaturated/α-hetero) is 1. The van der Waals surface area contributed by atoms with Crippen molar-refractivity contribution >= 4 is 21.5 Å². The Hall–Kier alpha value is -4.24. The summed E-state index contributed by atoms with van der Waals surface area (Å²) in [5.74, 6) is -0.123. The van der Waals surface area contributed by atoms with Gasteiger partial charge in [-0.05, 0) is 66.8 Å². The van der Waals surface area contributed by atoms with E-state index in [2.05, 4.69) is 10.3 Å². The second-order valence-corrected chi connectivity index (χ2v) is 12.2. The van der Waals surface area contributed by atoms with Crippen LogP contribution in [0.5, 0.6) is 5.75 Å². The summed E-state index contributed by atoms with van der Waals surface area (Å²) in [6, 6.07) is 19.2. The molecule has 0 spiro atoms. The molecule has 0 radical (unpaired) electrons. The Morgan fingerprint density at radius 1 is 1.05 bits per heavy atom. The predicted molar refractivity (Wildman–Crippen MR) is 156 cm³/mol. The fraction of sp³-hybridized carbons (Fsp3) is 0.281. The lowest BCUT2D eigenvalue weighted by molar-refractivity contribution is 0.0950. The summed E-state index contributed by atoms with van der Waals surface area (Å²) in [5.41, 5.74) is 3.12. The van der Waals surface area contributed by atoms with Gasteiger partial charge < -0.3 is 14.6 Å². The third kappa shape index (κ3) is 6.57. The molecule has 5 rings (SSSR count). The van der Waals surface area contributed by atoms with Gasteiger partial charge in [-0.3, -0.25) is 9.59 Å². The van der Waals surface area contributed by atoms with E-state index in [1.807, 2.05) is 48.0 Å². The van der Waals surface area contributed by atoms with Gasteiger partial charge in [-0.15, -0.1) is 0 Å². The number of benzene rings is 3. The predicted octanol–water partition coefficient (Wildman–Crippen LogP) is 5.34. The van der Waals surface area contributed by atoms with Crippen molar-refractivity contribution in [2.24, 2.45) is 0 Å². The molecule has 1 unspecified atom stereocenters. The summed E-state index contributed by atoms with van der Waals surface area (Å²) < 4.78 is 36.0. The van der Waals surface area contributed by atoms with Crippen LogP contribution in [0.3, 0.4) is 0 Å². The second-order valence-electron chi connectivity index (χ2n) is 10.2. The van der Waals surface area contributed by atoms with Crippen LogP contribution in [0, 0.1) is 0 Å². The van der Waals surface area contributed by atoms with E-state index in [1.54, 1.807) is 24.7 Å². The smallest absolute Gasteiger partial charge is 0.251 e. The lowest BCUT2D eigenvalue weighted by atomic mass is 9.87. The van der Waals surface area contributed by atoms with Gasteiger partial charge >= 0.3 is 0 Å². The first-order valence-corrected chi connectivity index (χ1v) is 15.5. The highest BCUT2D eigenvalue weighted by Gasteiger charge is 2.28. The summed E-state index contributed by atoms with van der Waals surface area (Å²) in [5, 5.41) is 2.80. The molecule has 8 nitrogen and oxygen atoms in total. The zero-order valence-corrected chi connectivity index (χ0v) is 23.8. The van der Waals surface area contributed by atoms with Crippen molar-refractivity contribution in [2.75, 3.05) is 6.54 Å². The van der Waals surface area contributed by atoms with Crippen LogP contribution >= 0.6 is 0 Å². The van der Waals surface area contributed by atoms with Crippen LogP contribution < -0.4 is 10.1 Å². The van der Waals surface area contributed by atoms with Gasteiger partial charge in [0.15, 0.2) is 15.6 Å². The molecule has 1 heterocycles. The van der Waals surface area contributed by atoms with Gasteiger partial charge in [0.2, 0.25) is 0 Å².